The highest BCUT2D eigenvalue weighted by molar-refractivity contribution is 4.95. The fraction of sp³-hybridized carbons (Fsp3) is 1.00. The van der Waals surface area contributed by atoms with Crippen LogP contribution in [0.4, 0.5) is 0 Å². The van der Waals surface area contributed by atoms with E-state index in [-0.39, 0.29) is 0 Å². The van der Waals surface area contributed by atoms with Crippen LogP contribution in [-0.4, -0.2) is 12.1 Å². The van der Waals surface area contributed by atoms with Gasteiger partial charge in [-0.1, -0.05) is 13.8 Å². The zero-order chi connectivity index (χ0) is 11.2. The molecule has 4 heterocycles. The van der Waals surface area contributed by atoms with Crippen LogP contribution in [0.5, 0.6) is 0 Å². The Kier molecular flexibility index (Phi) is 2.78. The van der Waals surface area contributed by atoms with Gasteiger partial charge in [0.1, 0.15) is 0 Å². The number of nitrogens with one attached hydrogen (secondary N) is 1. The standard InChI is InChI=1S/C15H27N/c1-15(2)11-3-7-13(8-4-11)16-14-9-5-12(15)6-10-14/h11-14,16H,3-10H2,1-2H3. The highest BCUT2D eigenvalue weighted by Crippen LogP contribution is 2.49. The van der Waals surface area contributed by atoms with Gasteiger partial charge in [0, 0.05) is 12.1 Å². The Balaban J connectivity index is 1.85. The van der Waals surface area contributed by atoms with E-state index in [0.717, 1.165) is 23.9 Å². The maximum atomic E-state index is 3.93. The SMILES string of the molecule is CC1(C)C2CCC(CC2)NC2CCC1CC2. The molecule has 0 amide bonds. The molecule has 0 spiro atoms. The Morgan fingerprint density at radius 1 is 0.688 bits per heavy atom. The summed E-state index contributed by atoms with van der Waals surface area (Å²) in [5.41, 5.74) is 0.618. The van der Waals surface area contributed by atoms with Crippen LogP contribution < -0.4 is 5.32 Å². The van der Waals surface area contributed by atoms with Crippen molar-refractivity contribution in [2.24, 2.45) is 17.3 Å². The Bertz CT molecular complexity index is 218. The summed E-state index contributed by atoms with van der Waals surface area (Å²) >= 11 is 0. The lowest BCUT2D eigenvalue weighted by molar-refractivity contribution is 0.0288. The van der Waals surface area contributed by atoms with Crippen LogP contribution in [0.1, 0.15) is 65.2 Å². The predicted octanol–water partition coefficient (Wildman–Crippen LogP) is 3.73. The van der Waals surface area contributed by atoms with Crippen LogP contribution in [0, 0.1) is 17.3 Å². The van der Waals surface area contributed by atoms with Gasteiger partial charge in [-0.25, -0.2) is 0 Å². The molecule has 4 bridgehead atoms. The molecule has 0 aromatic rings. The second-order valence-corrected chi connectivity index (χ2v) is 7.09. The van der Waals surface area contributed by atoms with Crippen molar-refractivity contribution < 1.29 is 0 Å². The van der Waals surface area contributed by atoms with Gasteiger partial charge in [-0.3, -0.25) is 0 Å². The van der Waals surface area contributed by atoms with E-state index in [1.54, 1.807) is 0 Å². The molecule has 0 atom stereocenters. The van der Waals surface area contributed by atoms with E-state index in [2.05, 4.69) is 19.2 Å². The normalized spacial score (nSPS) is 46.9. The molecule has 0 unspecified atom stereocenters. The maximum absolute atomic E-state index is 3.93. The summed E-state index contributed by atoms with van der Waals surface area (Å²) in [4.78, 5) is 0. The molecule has 0 radical (unpaired) electrons. The van der Waals surface area contributed by atoms with Crippen LogP contribution >= 0.6 is 0 Å². The summed E-state index contributed by atoms with van der Waals surface area (Å²) in [6.07, 6.45) is 11.7. The third-order valence-electron chi connectivity index (χ3n) is 6.03. The largest absolute Gasteiger partial charge is 0.311 e. The predicted molar refractivity (Wildman–Crippen MR) is 68.4 cm³/mol. The molecule has 92 valence electrons. The van der Waals surface area contributed by atoms with Crippen LogP contribution in [0.15, 0.2) is 0 Å². The van der Waals surface area contributed by atoms with E-state index in [0.29, 0.717) is 5.41 Å². The molecule has 4 saturated heterocycles. The van der Waals surface area contributed by atoms with Crippen molar-refractivity contribution in [1.82, 2.24) is 5.32 Å². The molecule has 16 heavy (non-hydrogen) atoms. The summed E-state index contributed by atoms with van der Waals surface area (Å²) in [6.45, 7) is 5.13. The van der Waals surface area contributed by atoms with Crippen molar-refractivity contribution in [3.8, 4) is 0 Å². The van der Waals surface area contributed by atoms with Crippen molar-refractivity contribution >= 4 is 0 Å². The molecule has 1 nitrogen and oxygen atoms in total. The van der Waals surface area contributed by atoms with Gasteiger partial charge in [-0.2, -0.15) is 0 Å². The van der Waals surface area contributed by atoms with Crippen LogP contribution in [-0.2, 0) is 0 Å². The first-order chi connectivity index (χ1) is 7.66. The fourth-order valence-electron chi connectivity index (χ4n) is 4.67. The molecular formula is C15H27N. The van der Waals surface area contributed by atoms with E-state index < -0.39 is 0 Å². The molecule has 1 N–H and O–H groups in total. The topological polar surface area (TPSA) is 12.0 Å². The lowest BCUT2D eigenvalue weighted by Crippen LogP contribution is -2.48. The number of hydrogen-bond donors (Lipinski definition) is 1. The van der Waals surface area contributed by atoms with E-state index in [9.17, 15) is 0 Å². The lowest BCUT2D eigenvalue weighted by atomic mass is 9.59. The summed E-state index contributed by atoms with van der Waals surface area (Å²) in [6, 6.07) is 1.71. The lowest BCUT2D eigenvalue weighted by Gasteiger charge is -2.49. The summed E-state index contributed by atoms with van der Waals surface area (Å²) in [5.74, 6) is 2.01. The molecule has 2 aliphatic carbocycles. The minimum atomic E-state index is 0.618. The monoisotopic (exact) mass is 221 g/mol. The Morgan fingerprint density at radius 3 is 1.44 bits per heavy atom. The van der Waals surface area contributed by atoms with Gasteiger partial charge < -0.3 is 5.32 Å². The van der Waals surface area contributed by atoms with Gasteiger partial charge in [0.2, 0.25) is 0 Å². The highest BCUT2D eigenvalue weighted by atomic mass is 15.0. The molecule has 0 aromatic heterocycles. The van der Waals surface area contributed by atoms with E-state index >= 15 is 0 Å². The smallest absolute Gasteiger partial charge is 0.00698 e. The molecule has 6 rings (SSSR count). The molecule has 0 aromatic carbocycles. The molecule has 2 saturated carbocycles. The Hall–Kier alpha value is -0.0400. The quantitative estimate of drug-likeness (QED) is 0.657. The first kappa shape index (κ1) is 11.1. The third kappa shape index (κ3) is 1.81. The van der Waals surface area contributed by atoms with Gasteiger partial charge in [0.15, 0.2) is 0 Å². The van der Waals surface area contributed by atoms with Crippen molar-refractivity contribution in [2.75, 3.05) is 0 Å². The van der Waals surface area contributed by atoms with E-state index in [1.165, 1.54) is 51.4 Å². The molecule has 6 fully saturated rings. The first-order valence-electron chi connectivity index (χ1n) is 7.42. The highest BCUT2D eigenvalue weighted by Gasteiger charge is 2.42. The van der Waals surface area contributed by atoms with Crippen molar-refractivity contribution in [3.05, 3.63) is 0 Å². The molecule has 1 heteroatoms. The molecule has 6 aliphatic rings. The second-order valence-electron chi connectivity index (χ2n) is 7.09. The van der Waals surface area contributed by atoms with Crippen molar-refractivity contribution in [1.29, 1.82) is 0 Å². The van der Waals surface area contributed by atoms with Gasteiger partial charge in [-0.05, 0) is 68.6 Å². The average molecular weight is 221 g/mol. The first-order valence-corrected chi connectivity index (χ1v) is 7.42. The van der Waals surface area contributed by atoms with E-state index in [1.807, 2.05) is 0 Å². The van der Waals surface area contributed by atoms with Gasteiger partial charge >= 0.3 is 0 Å². The van der Waals surface area contributed by atoms with Crippen LogP contribution in [0.2, 0.25) is 0 Å². The Morgan fingerprint density at radius 2 is 1.06 bits per heavy atom. The second kappa shape index (κ2) is 4.01. The fourth-order valence-corrected chi connectivity index (χ4v) is 4.67. The summed E-state index contributed by atoms with van der Waals surface area (Å²) < 4.78 is 0. The minimum absolute atomic E-state index is 0.618. The van der Waals surface area contributed by atoms with Crippen molar-refractivity contribution in [2.45, 2.75) is 77.3 Å². The van der Waals surface area contributed by atoms with Crippen LogP contribution in [0.25, 0.3) is 0 Å². The van der Waals surface area contributed by atoms with E-state index in [4.69, 9.17) is 0 Å². The zero-order valence-corrected chi connectivity index (χ0v) is 11.0. The maximum Gasteiger partial charge on any atom is 0.00698 e. The van der Waals surface area contributed by atoms with Crippen molar-refractivity contribution in [3.63, 3.8) is 0 Å². The number of hydrogen-bond acceptors (Lipinski definition) is 1. The Labute approximate surface area is 100 Å². The number of rotatable bonds is 0. The summed E-state index contributed by atoms with van der Waals surface area (Å²) in [5, 5.41) is 3.93. The van der Waals surface area contributed by atoms with Crippen LogP contribution in [0.3, 0.4) is 0 Å². The molecule has 4 aliphatic heterocycles. The van der Waals surface area contributed by atoms with Gasteiger partial charge in [-0.15, -0.1) is 0 Å². The summed E-state index contributed by atoms with van der Waals surface area (Å²) in [7, 11) is 0. The zero-order valence-electron chi connectivity index (χ0n) is 11.0. The minimum Gasteiger partial charge on any atom is -0.311 e. The van der Waals surface area contributed by atoms with Gasteiger partial charge in [0.25, 0.3) is 0 Å². The third-order valence-corrected chi connectivity index (χ3v) is 6.03. The average Bonchev–Trinajstić information content (AvgIpc) is 2.30. The molecular weight excluding hydrogens is 194 g/mol. The van der Waals surface area contributed by atoms with Gasteiger partial charge in [0.05, 0.1) is 0 Å².